The first-order valence-corrected chi connectivity index (χ1v) is 8.30. The number of fused-ring (bicyclic) bond motifs is 1. The maximum absolute atomic E-state index is 12.4. The molecule has 1 aliphatic rings. The van der Waals surface area contributed by atoms with Crippen LogP contribution in [0.4, 0.5) is 5.69 Å². The monoisotopic (exact) mass is 350 g/mol. The van der Waals surface area contributed by atoms with Crippen LogP contribution in [0.3, 0.4) is 0 Å². The zero-order valence-electron chi connectivity index (χ0n) is 14.3. The third-order valence-corrected chi connectivity index (χ3v) is 4.10. The van der Waals surface area contributed by atoms with Gasteiger partial charge in [-0.2, -0.15) is 5.26 Å². The van der Waals surface area contributed by atoms with Gasteiger partial charge >= 0.3 is 5.97 Å². The molecule has 1 atom stereocenters. The normalized spacial score (nSPS) is 15.6. The maximum atomic E-state index is 12.4. The van der Waals surface area contributed by atoms with E-state index >= 15 is 0 Å². The smallest absolute Gasteiger partial charge is 0.307 e. The summed E-state index contributed by atoms with van der Waals surface area (Å²) in [5.74, 6) is 0.0629. The van der Waals surface area contributed by atoms with Gasteiger partial charge in [-0.15, -0.1) is 0 Å². The van der Waals surface area contributed by atoms with Gasteiger partial charge < -0.3 is 14.4 Å². The van der Waals surface area contributed by atoms with Gasteiger partial charge in [-0.3, -0.25) is 9.59 Å². The van der Waals surface area contributed by atoms with Crippen LogP contribution in [0.15, 0.2) is 48.5 Å². The van der Waals surface area contributed by atoms with Crippen LogP contribution in [-0.2, 0) is 20.9 Å². The van der Waals surface area contributed by atoms with Crippen molar-refractivity contribution in [3.05, 3.63) is 59.7 Å². The molecule has 0 N–H and O–H groups in total. The zero-order valence-corrected chi connectivity index (χ0v) is 14.3. The molecule has 6 nitrogen and oxygen atoms in total. The van der Waals surface area contributed by atoms with Crippen molar-refractivity contribution >= 4 is 17.6 Å². The lowest BCUT2D eigenvalue weighted by Crippen LogP contribution is -2.45. The Morgan fingerprint density at radius 3 is 2.69 bits per heavy atom. The van der Waals surface area contributed by atoms with Gasteiger partial charge in [0, 0.05) is 6.54 Å². The molecule has 26 heavy (non-hydrogen) atoms. The van der Waals surface area contributed by atoms with E-state index in [1.54, 1.807) is 48.2 Å². The minimum atomic E-state index is -0.584. The third kappa shape index (κ3) is 3.83. The largest absolute Gasteiger partial charge is 0.479 e. The molecule has 6 heteroatoms. The van der Waals surface area contributed by atoms with Crippen LogP contribution in [0, 0.1) is 11.3 Å². The standard InChI is InChI=1S/C20H18N2O4/c1-14-20(24)22(17-4-2-3-5-18(17)26-14)11-10-19(23)25-13-16-8-6-15(12-21)7-9-16/h2-9,14H,10-11,13H2,1H3/t14-/m1/s1. The van der Waals surface area contributed by atoms with Crippen LogP contribution in [0.5, 0.6) is 5.75 Å². The number of nitriles is 1. The number of carbonyl (C=O) groups excluding carboxylic acids is 2. The fourth-order valence-corrected chi connectivity index (χ4v) is 2.70. The SMILES string of the molecule is C[C@H]1Oc2ccccc2N(CCC(=O)OCc2ccc(C#N)cc2)C1=O. The van der Waals surface area contributed by atoms with Crippen LogP contribution < -0.4 is 9.64 Å². The molecule has 1 aliphatic heterocycles. The van der Waals surface area contributed by atoms with Crippen molar-refractivity contribution in [2.45, 2.75) is 26.1 Å². The van der Waals surface area contributed by atoms with Crippen molar-refractivity contribution in [1.82, 2.24) is 0 Å². The summed E-state index contributed by atoms with van der Waals surface area (Å²) in [5.41, 5.74) is 2.02. The van der Waals surface area contributed by atoms with Gasteiger partial charge in [-0.05, 0) is 36.8 Å². The Morgan fingerprint density at radius 2 is 1.96 bits per heavy atom. The van der Waals surface area contributed by atoms with Gasteiger partial charge in [0.1, 0.15) is 12.4 Å². The van der Waals surface area contributed by atoms with Gasteiger partial charge in [0.05, 0.1) is 23.7 Å². The molecule has 132 valence electrons. The minimum absolute atomic E-state index is 0.0864. The number of carbonyl (C=O) groups is 2. The third-order valence-electron chi connectivity index (χ3n) is 4.10. The fourth-order valence-electron chi connectivity index (χ4n) is 2.70. The van der Waals surface area contributed by atoms with E-state index in [-0.39, 0.29) is 25.5 Å². The van der Waals surface area contributed by atoms with E-state index in [0.29, 0.717) is 17.0 Å². The minimum Gasteiger partial charge on any atom is -0.479 e. The zero-order chi connectivity index (χ0) is 18.5. The van der Waals surface area contributed by atoms with Crippen molar-refractivity contribution in [2.75, 3.05) is 11.4 Å². The molecule has 2 aromatic rings. The second kappa shape index (κ2) is 7.70. The van der Waals surface area contributed by atoms with Crippen molar-refractivity contribution in [3.63, 3.8) is 0 Å². The summed E-state index contributed by atoms with van der Waals surface area (Å²) >= 11 is 0. The number of amides is 1. The number of ether oxygens (including phenoxy) is 2. The number of hydrogen-bond acceptors (Lipinski definition) is 5. The van der Waals surface area contributed by atoms with Gasteiger partial charge in [0.25, 0.3) is 5.91 Å². The van der Waals surface area contributed by atoms with Gasteiger partial charge in [-0.25, -0.2) is 0 Å². The van der Waals surface area contributed by atoms with E-state index in [2.05, 4.69) is 0 Å². The first kappa shape index (κ1) is 17.5. The predicted octanol–water partition coefficient (Wildman–Crippen LogP) is 2.81. The average molecular weight is 350 g/mol. The highest BCUT2D eigenvalue weighted by Crippen LogP contribution is 2.33. The lowest BCUT2D eigenvalue weighted by atomic mass is 10.1. The van der Waals surface area contributed by atoms with Gasteiger partial charge in [0.2, 0.25) is 0 Å². The number of nitrogens with zero attached hydrogens (tertiary/aromatic N) is 2. The molecule has 3 rings (SSSR count). The number of esters is 1. The van der Waals surface area contributed by atoms with Crippen molar-refractivity contribution in [1.29, 1.82) is 5.26 Å². The molecule has 0 aromatic heterocycles. The summed E-state index contributed by atoms with van der Waals surface area (Å²) in [5, 5.41) is 8.77. The number of rotatable bonds is 5. The molecule has 0 aliphatic carbocycles. The highest BCUT2D eigenvalue weighted by molar-refractivity contribution is 6.00. The van der Waals surface area contributed by atoms with Crippen LogP contribution in [0.25, 0.3) is 0 Å². The quantitative estimate of drug-likeness (QED) is 0.775. The Kier molecular flexibility index (Phi) is 5.18. The Hall–Kier alpha value is -3.33. The van der Waals surface area contributed by atoms with Crippen LogP contribution in [-0.4, -0.2) is 24.5 Å². The molecule has 2 aromatic carbocycles. The van der Waals surface area contributed by atoms with E-state index < -0.39 is 12.1 Å². The van der Waals surface area contributed by atoms with E-state index in [0.717, 1.165) is 5.56 Å². The molecule has 1 heterocycles. The topological polar surface area (TPSA) is 79.6 Å². The van der Waals surface area contributed by atoms with E-state index in [9.17, 15) is 9.59 Å². The first-order valence-electron chi connectivity index (χ1n) is 8.30. The summed E-state index contributed by atoms with van der Waals surface area (Å²) in [4.78, 5) is 26.0. The summed E-state index contributed by atoms with van der Waals surface area (Å²) < 4.78 is 10.8. The number of anilines is 1. The summed E-state index contributed by atoms with van der Waals surface area (Å²) in [6.45, 7) is 2.05. The highest BCUT2D eigenvalue weighted by Gasteiger charge is 2.31. The van der Waals surface area contributed by atoms with E-state index in [1.165, 1.54) is 0 Å². The molecule has 0 radical (unpaired) electrons. The summed E-state index contributed by atoms with van der Waals surface area (Å²) in [6, 6.07) is 16.1. The van der Waals surface area contributed by atoms with Crippen molar-refractivity contribution < 1.29 is 19.1 Å². The van der Waals surface area contributed by atoms with Gasteiger partial charge in [-0.1, -0.05) is 24.3 Å². The van der Waals surface area contributed by atoms with Crippen molar-refractivity contribution in [2.24, 2.45) is 0 Å². The second-order valence-corrected chi connectivity index (χ2v) is 5.94. The van der Waals surface area contributed by atoms with Crippen molar-refractivity contribution in [3.8, 4) is 11.8 Å². The molecule has 0 saturated heterocycles. The molecule has 0 bridgehead atoms. The van der Waals surface area contributed by atoms with E-state index in [1.807, 2.05) is 18.2 Å². The highest BCUT2D eigenvalue weighted by atomic mass is 16.5. The Balaban J connectivity index is 1.57. The first-order chi connectivity index (χ1) is 12.6. The van der Waals surface area contributed by atoms with E-state index in [4.69, 9.17) is 14.7 Å². The Morgan fingerprint density at radius 1 is 1.23 bits per heavy atom. The molecule has 0 unspecified atom stereocenters. The number of benzene rings is 2. The Bertz CT molecular complexity index is 855. The second-order valence-electron chi connectivity index (χ2n) is 5.94. The molecule has 1 amide bonds. The molecule has 0 spiro atoms. The predicted molar refractivity (Wildman–Crippen MR) is 94.5 cm³/mol. The Labute approximate surface area is 151 Å². The number of hydrogen-bond donors (Lipinski definition) is 0. The molecule has 0 saturated carbocycles. The number of para-hydroxylation sites is 2. The van der Waals surface area contributed by atoms with Crippen LogP contribution in [0.1, 0.15) is 24.5 Å². The molecular weight excluding hydrogens is 332 g/mol. The lowest BCUT2D eigenvalue weighted by molar-refractivity contribution is -0.144. The summed E-state index contributed by atoms with van der Waals surface area (Å²) in [6.07, 6.45) is -0.497. The van der Waals surface area contributed by atoms with Gasteiger partial charge in [0.15, 0.2) is 6.10 Å². The fraction of sp³-hybridized carbons (Fsp3) is 0.250. The average Bonchev–Trinajstić information content (AvgIpc) is 2.67. The van der Waals surface area contributed by atoms with Crippen LogP contribution >= 0.6 is 0 Å². The molecular formula is C20H18N2O4. The van der Waals surface area contributed by atoms with Crippen LogP contribution in [0.2, 0.25) is 0 Å². The summed E-state index contributed by atoms with van der Waals surface area (Å²) in [7, 11) is 0. The lowest BCUT2D eigenvalue weighted by Gasteiger charge is -2.32. The molecule has 0 fully saturated rings. The maximum Gasteiger partial charge on any atom is 0.307 e.